The maximum absolute atomic E-state index is 12.6. The predicted molar refractivity (Wildman–Crippen MR) is 161 cm³/mol. The molecular formula is C29H37ClN6O6S. The number of nitrogens with one attached hydrogen (secondary N) is 1. The Labute approximate surface area is 259 Å². The molecule has 1 spiro atoms. The summed E-state index contributed by atoms with van der Waals surface area (Å²) in [7, 11) is 0. The minimum atomic E-state index is -1.08. The Kier molecular flexibility index (Phi) is 8.55. The van der Waals surface area contributed by atoms with Crippen LogP contribution in [0.25, 0.3) is 5.65 Å². The van der Waals surface area contributed by atoms with Gasteiger partial charge >= 0.3 is 12.1 Å². The number of pyridine rings is 1. The van der Waals surface area contributed by atoms with Crippen LogP contribution in [0.2, 0.25) is 5.02 Å². The van der Waals surface area contributed by atoms with Gasteiger partial charge in [-0.25, -0.2) is 24.5 Å². The zero-order chi connectivity index (χ0) is 31.3. The highest BCUT2D eigenvalue weighted by Crippen LogP contribution is 2.44. The maximum atomic E-state index is 12.6. The number of anilines is 1. The van der Waals surface area contributed by atoms with E-state index in [-0.39, 0.29) is 29.9 Å². The van der Waals surface area contributed by atoms with Gasteiger partial charge in [-0.15, -0.1) is 0 Å². The number of aryl methyl sites for hydroxylation is 2. The summed E-state index contributed by atoms with van der Waals surface area (Å²) in [6, 6.07) is 1.54. The number of carboxylic acid groups (broad SMARTS) is 1. The predicted octanol–water partition coefficient (Wildman–Crippen LogP) is 4.63. The van der Waals surface area contributed by atoms with Gasteiger partial charge in [0.05, 0.1) is 41.8 Å². The Morgan fingerprint density at radius 3 is 2.53 bits per heavy atom. The topological polar surface area (TPSA) is 151 Å². The Bertz CT molecular complexity index is 1570. The molecule has 2 aliphatic rings. The van der Waals surface area contributed by atoms with Gasteiger partial charge in [0.15, 0.2) is 17.2 Å². The molecule has 2 saturated heterocycles. The fourth-order valence-corrected chi connectivity index (χ4v) is 7.08. The highest BCUT2D eigenvalue weighted by atomic mass is 35.5. The summed E-state index contributed by atoms with van der Waals surface area (Å²) >= 11 is 7.94. The molecule has 12 nitrogen and oxygen atoms in total. The van der Waals surface area contributed by atoms with E-state index in [1.54, 1.807) is 19.2 Å². The summed E-state index contributed by atoms with van der Waals surface area (Å²) in [5, 5.41) is 23.8. The third kappa shape index (κ3) is 6.13. The van der Waals surface area contributed by atoms with E-state index in [4.69, 9.17) is 31.0 Å². The molecule has 0 bridgehead atoms. The number of nitrogens with zero attached hydrogens (tertiary/aromatic N) is 5. The Morgan fingerprint density at radius 2 is 1.91 bits per heavy atom. The molecule has 0 aliphatic carbocycles. The van der Waals surface area contributed by atoms with Gasteiger partial charge in [0, 0.05) is 29.6 Å². The third-order valence-corrected chi connectivity index (χ3v) is 9.63. The van der Waals surface area contributed by atoms with E-state index < -0.39 is 17.7 Å². The first-order valence-electron chi connectivity index (χ1n) is 14.2. The zero-order valence-electron chi connectivity index (χ0n) is 25.1. The summed E-state index contributed by atoms with van der Waals surface area (Å²) in [6.45, 7) is 12.5. The number of aromatic carboxylic acids is 1. The smallest absolute Gasteiger partial charge is 0.407 e. The monoisotopic (exact) mass is 632 g/mol. The first kappa shape index (κ1) is 31.3. The molecule has 0 aromatic carbocycles. The molecule has 2 atom stereocenters. The summed E-state index contributed by atoms with van der Waals surface area (Å²) in [4.78, 5) is 41.0. The summed E-state index contributed by atoms with van der Waals surface area (Å²) in [5.41, 5.74) is 1.07. The van der Waals surface area contributed by atoms with Crippen molar-refractivity contribution in [2.75, 3.05) is 24.6 Å². The summed E-state index contributed by atoms with van der Waals surface area (Å²) in [6.07, 6.45) is 2.56. The third-order valence-electron chi connectivity index (χ3n) is 8.00. The van der Waals surface area contributed by atoms with E-state index in [9.17, 15) is 19.8 Å². The molecule has 5 rings (SSSR count). The van der Waals surface area contributed by atoms with Gasteiger partial charge in [-0.05, 0) is 60.5 Å². The van der Waals surface area contributed by atoms with Crippen LogP contribution in [0.3, 0.4) is 0 Å². The Hall–Kier alpha value is -3.13. The number of ether oxygens (including phenoxy) is 2. The molecule has 0 unspecified atom stereocenters. The number of alkyl carbamates (subject to hydrolysis) is 1. The zero-order valence-corrected chi connectivity index (χ0v) is 26.7. The molecule has 43 heavy (non-hydrogen) atoms. The number of fused-ring (bicyclic) bond motifs is 1. The number of aliphatic hydroxyl groups excluding tert-OH is 1. The number of imidazole rings is 1. The van der Waals surface area contributed by atoms with Crippen molar-refractivity contribution in [3.8, 4) is 0 Å². The van der Waals surface area contributed by atoms with Gasteiger partial charge < -0.3 is 29.9 Å². The SMILES string of the molecule is Cc1nc(N2CCC3(CC2)CO[C@@H](C)[C@H]3NC(=O)OC(C)(C)C)c(CO)nc1Sc1ccn2c(C(=O)O)c(C)nc2c1Cl. The number of amides is 1. The average Bonchev–Trinajstić information content (AvgIpc) is 3.42. The molecule has 3 aromatic heterocycles. The normalized spacial score (nSPS) is 20.1. The van der Waals surface area contributed by atoms with E-state index >= 15 is 0 Å². The van der Waals surface area contributed by atoms with Gasteiger partial charge in [-0.2, -0.15) is 0 Å². The molecule has 14 heteroatoms. The summed E-state index contributed by atoms with van der Waals surface area (Å²) < 4.78 is 13.0. The number of piperidine rings is 1. The van der Waals surface area contributed by atoms with Gasteiger partial charge in [0.2, 0.25) is 0 Å². The van der Waals surface area contributed by atoms with E-state index in [1.165, 1.54) is 16.2 Å². The quantitative estimate of drug-likeness (QED) is 0.349. The number of halogens is 1. The molecule has 3 aromatic rings. The minimum Gasteiger partial charge on any atom is -0.477 e. The lowest BCUT2D eigenvalue weighted by Crippen LogP contribution is -2.55. The first-order chi connectivity index (χ1) is 20.2. The van der Waals surface area contributed by atoms with Crippen molar-refractivity contribution in [3.63, 3.8) is 0 Å². The molecule has 232 valence electrons. The number of carbonyl (C=O) groups is 2. The number of aromatic nitrogens is 4. The van der Waals surface area contributed by atoms with Gasteiger partial charge in [0.25, 0.3) is 0 Å². The lowest BCUT2D eigenvalue weighted by molar-refractivity contribution is 0.0433. The van der Waals surface area contributed by atoms with Crippen LogP contribution in [0.4, 0.5) is 10.6 Å². The van der Waals surface area contributed by atoms with Crippen LogP contribution in [-0.2, 0) is 16.1 Å². The standard InChI is InChI=1S/C29H37ClN6O6S/c1-15-21(26(38)39)36-10-7-19(20(30)24(36)31-15)43-25-16(2)32-23(18(13-37)33-25)35-11-8-29(9-12-35)14-41-17(3)22(29)34-27(40)42-28(4,5)6/h7,10,17,22,37H,8-9,11-14H2,1-6H3,(H,34,40)(H,38,39)/t17-,22+/m0/s1. The molecule has 0 saturated carbocycles. The molecule has 2 fully saturated rings. The van der Waals surface area contributed by atoms with Crippen LogP contribution in [0.1, 0.15) is 68.1 Å². The second-order valence-corrected chi connectivity index (χ2v) is 13.6. The van der Waals surface area contributed by atoms with E-state index in [0.29, 0.717) is 63.2 Å². The fourth-order valence-electron chi connectivity index (χ4n) is 5.90. The van der Waals surface area contributed by atoms with Crippen LogP contribution in [0, 0.1) is 19.3 Å². The van der Waals surface area contributed by atoms with Crippen LogP contribution >= 0.6 is 23.4 Å². The van der Waals surface area contributed by atoms with Crippen molar-refractivity contribution in [1.29, 1.82) is 0 Å². The molecule has 1 amide bonds. The summed E-state index contributed by atoms with van der Waals surface area (Å²) in [5.74, 6) is -0.459. The van der Waals surface area contributed by atoms with Gasteiger partial charge in [0.1, 0.15) is 16.3 Å². The minimum absolute atomic E-state index is 0.0604. The van der Waals surface area contributed by atoms with Crippen molar-refractivity contribution >= 4 is 46.9 Å². The number of rotatable bonds is 6. The lowest BCUT2D eigenvalue weighted by Gasteiger charge is -2.43. The first-order valence-corrected chi connectivity index (χ1v) is 15.3. The van der Waals surface area contributed by atoms with Crippen LogP contribution < -0.4 is 10.2 Å². The van der Waals surface area contributed by atoms with Gasteiger partial charge in [-0.3, -0.25) is 4.40 Å². The number of hydrogen-bond acceptors (Lipinski definition) is 10. The molecule has 0 radical (unpaired) electrons. The number of hydrogen-bond donors (Lipinski definition) is 3. The Balaban J connectivity index is 1.34. The number of aliphatic hydroxyl groups is 1. The molecule has 5 heterocycles. The van der Waals surface area contributed by atoms with Crippen molar-refractivity contribution in [2.24, 2.45) is 5.41 Å². The van der Waals surface area contributed by atoms with Gasteiger partial charge in [-0.1, -0.05) is 23.4 Å². The maximum Gasteiger partial charge on any atom is 0.407 e. The highest BCUT2D eigenvalue weighted by molar-refractivity contribution is 7.99. The van der Waals surface area contributed by atoms with Crippen molar-refractivity contribution in [1.82, 2.24) is 24.7 Å². The number of carbonyl (C=O) groups excluding carboxylic acids is 1. The lowest BCUT2D eigenvalue weighted by atomic mass is 9.73. The molecular weight excluding hydrogens is 596 g/mol. The van der Waals surface area contributed by atoms with Crippen LogP contribution in [0.5, 0.6) is 0 Å². The number of carboxylic acids is 1. The van der Waals surface area contributed by atoms with E-state index in [1.807, 2.05) is 34.6 Å². The van der Waals surface area contributed by atoms with Crippen LogP contribution in [0.15, 0.2) is 22.2 Å². The second kappa shape index (κ2) is 11.8. The second-order valence-electron chi connectivity index (χ2n) is 12.2. The van der Waals surface area contributed by atoms with Crippen molar-refractivity contribution in [3.05, 3.63) is 40.1 Å². The van der Waals surface area contributed by atoms with E-state index in [2.05, 4.69) is 15.2 Å². The van der Waals surface area contributed by atoms with Crippen molar-refractivity contribution in [2.45, 2.75) is 88.7 Å². The molecule has 3 N–H and O–H groups in total. The highest BCUT2D eigenvalue weighted by Gasteiger charge is 2.50. The fraction of sp³-hybridized carbons (Fsp3) is 0.552. The van der Waals surface area contributed by atoms with Crippen molar-refractivity contribution < 1.29 is 29.3 Å². The Morgan fingerprint density at radius 1 is 1.21 bits per heavy atom. The average molecular weight is 633 g/mol. The molecule has 2 aliphatic heterocycles. The van der Waals surface area contributed by atoms with Crippen LogP contribution in [-0.4, -0.2) is 79.1 Å². The van der Waals surface area contributed by atoms with E-state index in [0.717, 1.165) is 12.8 Å². The largest absolute Gasteiger partial charge is 0.477 e.